The Balaban J connectivity index is 2.30. The van der Waals surface area contributed by atoms with Crippen LogP contribution in [0.25, 0.3) is 0 Å². The molecule has 0 saturated carbocycles. The lowest BCUT2D eigenvalue weighted by Gasteiger charge is -2.05. The van der Waals surface area contributed by atoms with Crippen LogP contribution in [0.1, 0.15) is 5.69 Å². The van der Waals surface area contributed by atoms with Gasteiger partial charge in [-0.15, -0.1) is 0 Å². The van der Waals surface area contributed by atoms with Gasteiger partial charge >= 0.3 is 6.01 Å². The summed E-state index contributed by atoms with van der Waals surface area (Å²) in [6, 6.07) is 3.53. The van der Waals surface area contributed by atoms with Gasteiger partial charge in [0.1, 0.15) is 0 Å². The highest BCUT2D eigenvalue weighted by molar-refractivity contribution is 6.31. The van der Waals surface area contributed by atoms with Crippen LogP contribution in [-0.2, 0) is 0 Å². The molecule has 0 radical (unpaired) electrons. The fourth-order valence-electron chi connectivity index (χ4n) is 1.03. The van der Waals surface area contributed by atoms with E-state index in [0.717, 1.165) is 5.69 Å². The second kappa shape index (κ2) is 4.59. The van der Waals surface area contributed by atoms with E-state index in [-0.39, 0.29) is 16.6 Å². The molecule has 0 aliphatic carbocycles. The first kappa shape index (κ1) is 11.0. The number of hydrogen-bond donors (Lipinski definition) is 0. The normalized spacial score (nSPS) is 10.2. The topological polar surface area (TPSA) is 60.8 Å². The summed E-state index contributed by atoms with van der Waals surface area (Å²) < 4.78 is 5.38. The highest BCUT2D eigenvalue weighted by Crippen LogP contribution is 2.21. The van der Waals surface area contributed by atoms with E-state index in [0.29, 0.717) is 5.75 Å². The van der Waals surface area contributed by atoms with E-state index in [1.54, 1.807) is 25.3 Å². The van der Waals surface area contributed by atoms with Crippen molar-refractivity contribution >= 4 is 23.2 Å². The van der Waals surface area contributed by atoms with Crippen molar-refractivity contribution in [1.29, 1.82) is 0 Å². The Morgan fingerprint density at radius 2 is 1.81 bits per heavy atom. The van der Waals surface area contributed by atoms with Crippen LogP contribution in [0.5, 0.6) is 11.8 Å². The van der Waals surface area contributed by atoms with Crippen molar-refractivity contribution in [3.63, 3.8) is 0 Å². The molecule has 0 aromatic carbocycles. The molecule has 0 saturated heterocycles. The summed E-state index contributed by atoms with van der Waals surface area (Å²) in [5.41, 5.74) is 0.718. The Morgan fingerprint density at radius 1 is 1.12 bits per heavy atom. The second-order valence-electron chi connectivity index (χ2n) is 2.85. The maximum atomic E-state index is 5.61. The molecule has 2 aromatic heterocycles. The zero-order chi connectivity index (χ0) is 11.5. The monoisotopic (exact) mass is 256 g/mol. The Morgan fingerprint density at radius 3 is 2.44 bits per heavy atom. The molecule has 82 valence electrons. The van der Waals surface area contributed by atoms with Gasteiger partial charge in [-0.05, 0) is 42.3 Å². The second-order valence-corrected chi connectivity index (χ2v) is 3.52. The molecule has 5 nitrogen and oxygen atoms in total. The van der Waals surface area contributed by atoms with Crippen molar-refractivity contribution in [2.24, 2.45) is 0 Å². The lowest BCUT2D eigenvalue weighted by molar-refractivity contribution is 0.434. The molecule has 0 aliphatic rings. The van der Waals surface area contributed by atoms with Crippen LogP contribution in [0.4, 0.5) is 0 Å². The third kappa shape index (κ3) is 2.56. The minimum Gasteiger partial charge on any atom is -0.422 e. The van der Waals surface area contributed by atoms with Gasteiger partial charge in [-0.1, -0.05) is 0 Å². The maximum absolute atomic E-state index is 5.61. The number of hydrogen-bond acceptors (Lipinski definition) is 5. The summed E-state index contributed by atoms with van der Waals surface area (Å²) in [7, 11) is 0. The fraction of sp³-hybridized carbons (Fsp3) is 0.111. The molecule has 2 heterocycles. The van der Waals surface area contributed by atoms with E-state index < -0.39 is 0 Å². The zero-order valence-corrected chi connectivity index (χ0v) is 9.70. The van der Waals surface area contributed by atoms with Crippen molar-refractivity contribution in [3.8, 4) is 11.8 Å². The molecule has 7 heteroatoms. The highest BCUT2D eigenvalue weighted by Gasteiger charge is 2.07. The van der Waals surface area contributed by atoms with Gasteiger partial charge in [-0.2, -0.15) is 15.0 Å². The molecule has 0 spiro atoms. The van der Waals surface area contributed by atoms with Crippen molar-refractivity contribution in [2.75, 3.05) is 0 Å². The van der Waals surface area contributed by atoms with Crippen LogP contribution < -0.4 is 4.74 Å². The molecule has 0 unspecified atom stereocenters. The minimum atomic E-state index is -0.0171. The first-order valence-electron chi connectivity index (χ1n) is 4.32. The average molecular weight is 257 g/mol. The van der Waals surface area contributed by atoms with Crippen molar-refractivity contribution in [1.82, 2.24) is 19.9 Å². The zero-order valence-electron chi connectivity index (χ0n) is 8.19. The van der Waals surface area contributed by atoms with Gasteiger partial charge in [-0.3, -0.25) is 4.98 Å². The fourth-order valence-corrected chi connectivity index (χ4v) is 1.38. The summed E-state index contributed by atoms with van der Waals surface area (Å²) in [4.78, 5) is 15.2. The van der Waals surface area contributed by atoms with Crippen LogP contribution in [0, 0.1) is 6.92 Å². The number of rotatable bonds is 2. The van der Waals surface area contributed by atoms with Gasteiger partial charge in [-0.25, -0.2) is 0 Å². The SMILES string of the molecule is Cc1ncccc1Oc1nc(Cl)nc(Cl)n1. The highest BCUT2D eigenvalue weighted by atomic mass is 35.5. The largest absolute Gasteiger partial charge is 0.422 e. The van der Waals surface area contributed by atoms with E-state index in [1.807, 2.05) is 0 Å². The maximum Gasteiger partial charge on any atom is 0.327 e. The van der Waals surface area contributed by atoms with Crippen LogP contribution in [-0.4, -0.2) is 19.9 Å². The van der Waals surface area contributed by atoms with Crippen molar-refractivity contribution in [2.45, 2.75) is 6.92 Å². The van der Waals surface area contributed by atoms with E-state index in [2.05, 4.69) is 19.9 Å². The van der Waals surface area contributed by atoms with Crippen LogP contribution >= 0.6 is 23.2 Å². The standard InChI is InChI=1S/C9H6Cl2N4O/c1-5-6(3-2-4-12-5)16-9-14-7(10)13-8(11)15-9/h2-4H,1H3. The number of halogens is 2. The number of ether oxygens (including phenoxy) is 1. The van der Waals surface area contributed by atoms with E-state index >= 15 is 0 Å². The Bertz CT molecular complexity index is 500. The molecule has 0 aliphatic heterocycles. The predicted molar refractivity (Wildman–Crippen MR) is 58.9 cm³/mol. The number of nitrogens with zero attached hydrogens (tertiary/aromatic N) is 4. The molecule has 0 N–H and O–H groups in total. The van der Waals surface area contributed by atoms with E-state index in [1.165, 1.54) is 0 Å². The van der Waals surface area contributed by atoms with Gasteiger partial charge in [0.2, 0.25) is 10.6 Å². The molecule has 0 atom stereocenters. The van der Waals surface area contributed by atoms with Gasteiger partial charge in [0.25, 0.3) is 0 Å². The van der Waals surface area contributed by atoms with Crippen molar-refractivity contribution in [3.05, 3.63) is 34.6 Å². The van der Waals surface area contributed by atoms with E-state index in [4.69, 9.17) is 27.9 Å². The summed E-state index contributed by atoms with van der Waals surface area (Å²) in [6.45, 7) is 1.81. The first-order chi connectivity index (χ1) is 7.65. The molecule has 0 bridgehead atoms. The summed E-state index contributed by atoms with van der Waals surface area (Å²) in [5, 5.41) is -0.0342. The lowest BCUT2D eigenvalue weighted by atomic mass is 10.3. The minimum absolute atomic E-state index is 0.0171. The van der Waals surface area contributed by atoms with Crippen LogP contribution in [0.2, 0.25) is 10.6 Å². The molecule has 0 amide bonds. The quantitative estimate of drug-likeness (QED) is 0.827. The molecule has 2 rings (SSSR count). The van der Waals surface area contributed by atoms with Gasteiger partial charge in [0.15, 0.2) is 5.75 Å². The Hall–Kier alpha value is -1.46. The third-order valence-electron chi connectivity index (χ3n) is 1.72. The summed E-state index contributed by atoms with van der Waals surface area (Å²) in [5.74, 6) is 0.542. The van der Waals surface area contributed by atoms with Gasteiger partial charge < -0.3 is 4.74 Å². The average Bonchev–Trinajstić information content (AvgIpc) is 2.20. The van der Waals surface area contributed by atoms with Crippen molar-refractivity contribution < 1.29 is 4.74 Å². The molecular weight excluding hydrogens is 251 g/mol. The lowest BCUT2D eigenvalue weighted by Crippen LogP contribution is -1.97. The van der Waals surface area contributed by atoms with E-state index in [9.17, 15) is 0 Å². The number of pyridine rings is 1. The Labute approximate surface area is 101 Å². The van der Waals surface area contributed by atoms with Gasteiger partial charge in [0.05, 0.1) is 5.69 Å². The van der Waals surface area contributed by atoms with Gasteiger partial charge in [0, 0.05) is 6.20 Å². The number of aryl methyl sites for hydroxylation is 1. The smallest absolute Gasteiger partial charge is 0.327 e. The Kier molecular flexibility index (Phi) is 3.17. The molecule has 16 heavy (non-hydrogen) atoms. The predicted octanol–water partition coefficient (Wildman–Crippen LogP) is 2.67. The van der Waals surface area contributed by atoms with Crippen LogP contribution in [0.3, 0.4) is 0 Å². The molecular formula is C9H6Cl2N4O. The molecule has 2 aromatic rings. The summed E-state index contributed by atoms with van der Waals surface area (Å²) >= 11 is 11.2. The summed E-state index contributed by atoms with van der Waals surface area (Å²) in [6.07, 6.45) is 1.66. The third-order valence-corrected chi connectivity index (χ3v) is 2.06. The van der Waals surface area contributed by atoms with Crippen LogP contribution in [0.15, 0.2) is 18.3 Å². The number of aromatic nitrogens is 4. The first-order valence-corrected chi connectivity index (χ1v) is 5.07. The molecule has 0 fully saturated rings.